The molecule has 5 rings (SSSR count). The van der Waals surface area contributed by atoms with E-state index in [4.69, 9.17) is 4.74 Å². The molecular formula is C36H41N5O5S. The van der Waals surface area contributed by atoms with Crippen LogP contribution in [0.25, 0.3) is 10.9 Å². The van der Waals surface area contributed by atoms with Gasteiger partial charge < -0.3 is 20.4 Å². The highest BCUT2D eigenvalue weighted by molar-refractivity contribution is 7.91. The normalized spacial score (nSPS) is 16.2. The Hall–Kier alpha value is -4.66. The number of fused-ring (bicyclic) bond motifs is 1. The second-order valence-electron chi connectivity index (χ2n) is 12.6. The SMILES string of the molecule is Cc1ccc(S(=O)(=O)C(c2c[nH]c3ccccc23)N2CCC(C#N)(NC(=O)C(CC(C)C)OC(=O)NCc3ccccc3)CC2)cc1. The maximum atomic E-state index is 14.3. The fourth-order valence-corrected chi connectivity index (χ4v) is 7.92. The molecule has 0 aliphatic carbocycles. The largest absolute Gasteiger partial charge is 0.436 e. The zero-order chi connectivity index (χ0) is 33.6. The molecule has 0 radical (unpaired) electrons. The van der Waals surface area contributed by atoms with Crippen LogP contribution in [0.4, 0.5) is 4.79 Å². The number of nitriles is 1. The van der Waals surface area contributed by atoms with E-state index in [1.165, 1.54) is 0 Å². The number of likely N-dealkylation sites (tertiary alicyclic amines) is 1. The number of aromatic nitrogens is 1. The van der Waals surface area contributed by atoms with Crippen molar-refractivity contribution in [2.75, 3.05) is 13.1 Å². The number of carbonyl (C=O) groups is 2. The molecule has 2 amide bonds. The summed E-state index contributed by atoms with van der Waals surface area (Å²) in [5.74, 6) is -0.513. The summed E-state index contributed by atoms with van der Waals surface area (Å²) in [6.07, 6.45) is 0.563. The van der Waals surface area contributed by atoms with E-state index < -0.39 is 38.9 Å². The number of nitrogens with one attached hydrogen (secondary N) is 3. The number of hydrogen-bond donors (Lipinski definition) is 3. The summed E-state index contributed by atoms with van der Waals surface area (Å²) in [6.45, 7) is 6.46. The third-order valence-corrected chi connectivity index (χ3v) is 10.7. The van der Waals surface area contributed by atoms with Gasteiger partial charge in [-0.3, -0.25) is 9.69 Å². The highest BCUT2D eigenvalue weighted by Gasteiger charge is 2.44. The standard InChI is InChI=1S/C36H41N5O5S/c1-25(2)21-32(46-35(43)39-22-27-9-5-4-6-10-27)33(42)40-36(24-37)17-19-41(20-18-36)34(30-23-38-31-12-8-7-11-29(30)31)47(44,45)28-15-13-26(3)14-16-28/h4-16,23,25,32,34,38H,17-22H2,1-3H3,(H,39,43)(H,40,42). The van der Waals surface area contributed by atoms with Crippen molar-refractivity contribution in [2.45, 2.75) is 68.5 Å². The summed E-state index contributed by atoms with van der Waals surface area (Å²) in [5, 5.41) is 15.7. The fourth-order valence-electron chi connectivity index (χ4n) is 6.01. The van der Waals surface area contributed by atoms with Crippen LogP contribution >= 0.6 is 0 Å². The number of nitrogens with zero attached hydrogens (tertiary/aromatic N) is 2. The molecule has 1 aromatic heterocycles. The van der Waals surface area contributed by atoms with Gasteiger partial charge in [-0.2, -0.15) is 5.26 Å². The van der Waals surface area contributed by atoms with Crippen molar-refractivity contribution >= 4 is 32.7 Å². The molecule has 11 heteroatoms. The van der Waals surface area contributed by atoms with E-state index in [9.17, 15) is 23.3 Å². The second kappa shape index (κ2) is 14.4. The molecule has 0 bridgehead atoms. The zero-order valence-corrected chi connectivity index (χ0v) is 27.7. The van der Waals surface area contributed by atoms with Crippen molar-refractivity contribution in [1.82, 2.24) is 20.5 Å². The van der Waals surface area contributed by atoms with Crippen molar-refractivity contribution < 1.29 is 22.7 Å². The topological polar surface area (TPSA) is 144 Å². The molecule has 1 fully saturated rings. The lowest BCUT2D eigenvalue weighted by molar-refractivity contribution is -0.132. The quantitative estimate of drug-likeness (QED) is 0.186. The maximum absolute atomic E-state index is 14.3. The molecule has 1 aliphatic heterocycles. The van der Waals surface area contributed by atoms with E-state index in [0.717, 1.165) is 22.0 Å². The molecule has 2 atom stereocenters. The minimum atomic E-state index is -3.89. The number of aryl methyl sites for hydroxylation is 1. The van der Waals surface area contributed by atoms with Crippen molar-refractivity contribution in [3.63, 3.8) is 0 Å². The summed E-state index contributed by atoms with van der Waals surface area (Å²) in [7, 11) is -3.89. The van der Waals surface area contributed by atoms with Gasteiger partial charge in [0.1, 0.15) is 10.9 Å². The van der Waals surface area contributed by atoms with Gasteiger partial charge in [-0.15, -0.1) is 0 Å². The molecule has 0 spiro atoms. The van der Waals surface area contributed by atoms with Crippen LogP contribution in [0.15, 0.2) is 90.0 Å². The first-order valence-corrected chi connectivity index (χ1v) is 17.4. The van der Waals surface area contributed by atoms with E-state index in [2.05, 4.69) is 21.7 Å². The Morgan fingerprint density at radius 1 is 1.00 bits per heavy atom. The predicted molar refractivity (Wildman–Crippen MR) is 180 cm³/mol. The van der Waals surface area contributed by atoms with E-state index in [-0.39, 0.29) is 49.7 Å². The number of aromatic amines is 1. The average molecular weight is 656 g/mol. The van der Waals surface area contributed by atoms with Crippen molar-refractivity contribution in [2.24, 2.45) is 5.92 Å². The first-order valence-electron chi connectivity index (χ1n) is 15.8. The Bertz CT molecular complexity index is 1840. The number of rotatable bonds is 11. The number of hydrogen-bond acceptors (Lipinski definition) is 7. The van der Waals surface area contributed by atoms with Crippen molar-refractivity contribution in [1.29, 1.82) is 5.26 Å². The number of piperidine rings is 1. The molecule has 1 saturated heterocycles. The average Bonchev–Trinajstić information content (AvgIpc) is 3.48. The highest BCUT2D eigenvalue weighted by atomic mass is 32.2. The van der Waals surface area contributed by atoms with Gasteiger partial charge in [-0.05, 0) is 55.9 Å². The molecule has 10 nitrogen and oxygen atoms in total. The van der Waals surface area contributed by atoms with Gasteiger partial charge in [0.15, 0.2) is 15.9 Å². The van der Waals surface area contributed by atoms with E-state index in [1.54, 1.807) is 30.5 Å². The number of para-hydroxylation sites is 1. The summed E-state index contributed by atoms with van der Waals surface area (Å²) in [6, 6.07) is 26.0. The Kier molecular flexibility index (Phi) is 10.3. The Morgan fingerprint density at radius 3 is 2.32 bits per heavy atom. The number of sulfone groups is 1. The third-order valence-electron chi connectivity index (χ3n) is 8.60. The Morgan fingerprint density at radius 2 is 1.66 bits per heavy atom. The number of alkyl carbamates (subject to hydrolysis) is 1. The molecule has 2 unspecified atom stereocenters. The molecule has 3 N–H and O–H groups in total. The van der Waals surface area contributed by atoms with Gasteiger partial charge in [0.25, 0.3) is 5.91 Å². The van der Waals surface area contributed by atoms with Crippen LogP contribution < -0.4 is 10.6 Å². The molecule has 47 heavy (non-hydrogen) atoms. The summed E-state index contributed by atoms with van der Waals surface area (Å²) >= 11 is 0. The van der Waals surface area contributed by atoms with Crippen LogP contribution in [0.2, 0.25) is 0 Å². The number of H-pyrrole nitrogens is 1. The smallest absolute Gasteiger partial charge is 0.408 e. The van der Waals surface area contributed by atoms with Crippen LogP contribution in [-0.2, 0) is 25.9 Å². The first kappa shape index (κ1) is 33.7. The third kappa shape index (κ3) is 7.84. The molecule has 2 heterocycles. The number of benzene rings is 3. The van der Waals surface area contributed by atoms with Crippen LogP contribution in [-0.4, -0.2) is 55.0 Å². The predicted octanol–water partition coefficient (Wildman–Crippen LogP) is 5.76. The van der Waals surface area contributed by atoms with Gasteiger partial charge >= 0.3 is 6.09 Å². The lowest BCUT2D eigenvalue weighted by Gasteiger charge is -2.41. The Labute approximate surface area is 276 Å². The summed E-state index contributed by atoms with van der Waals surface area (Å²) < 4.78 is 34.1. The molecular weight excluding hydrogens is 614 g/mol. The van der Waals surface area contributed by atoms with Gasteiger partial charge in [-0.25, -0.2) is 13.2 Å². The molecule has 3 aromatic carbocycles. The zero-order valence-electron chi connectivity index (χ0n) is 26.9. The van der Waals surface area contributed by atoms with Gasteiger partial charge in [-0.1, -0.05) is 80.1 Å². The van der Waals surface area contributed by atoms with Crippen LogP contribution in [0.1, 0.15) is 55.2 Å². The van der Waals surface area contributed by atoms with Crippen LogP contribution in [0, 0.1) is 24.2 Å². The highest BCUT2D eigenvalue weighted by Crippen LogP contribution is 2.39. The van der Waals surface area contributed by atoms with Crippen LogP contribution in [0.5, 0.6) is 0 Å². The minimum Gasteiger partial charge on any atom is -0.436 e. The molecule has 246 valence electrons. The fraction of sp³-hybridized carbons (Fsp3) is 0.361. The van der Waals surface area contributed by atoms with Crippen molar-refractivity contribution in [3.05, 3.63) is 102 Å². The lowest BCUT2D eigenvalue weighted by atomic mass is 9.88. The van der Waals surface area contributed by atoms with Crippen molar-refractivity contribution in [3.8, 4) is 6.07 Å². The van der Waals surface area contributed by atoms with Gasteiger partial charge in [0.05, 0.1) is 11.0 Å². The number of carbonyl (C=O) groups excluding carboxylic acids is 2. The molecule has 4 aromatic rings. The van der Waals surface area contributed by atoms with E-state index in [0.29, 0.717) is 5.56 Å². The second-order valence-corrected chi connectivity index (χ2v) is 14.6. The van der Waals surface area contributed by atoms with E-state index in [1.807, 2.05) is 80.3 Å². The van der Waals surface area contributed by atoms with Gasteiger partial charge in [0, 0.05) is 42.3 Å². The summed E-state index contributed by atoms with van der Waals surface area (Å²) in [4.78, 5) is 31.5. The molecule has 1 aliphatic rings. The molecule has 0 saturated carbocycles. The number of amides is 2. The lowest BCUT2D eigenvalue weighted by Crippen LogP contribution is -2.57. The van der Waals surface area contributed by atoms with E-state index >= 15 is 0 Å². The monoisotopic (exact) mass is 655 g/mol. The first-order chi connectivity index (χ1) is 22.5. The maximum Gasteiger partial charge on any atom is 0.408 e. The van der Waals surface area contributed by atoms with Gasteiger partial charge in [0.2, 0.25) is 0 Å². The Balaban J connectivity index is 1.33. The summed E-state index contributed by atoms with van der Waals surface area (Å²) in [5.41, 5.74) is 2.03. The minimum absolute atomic E-state index is 0.0384. The number of ether oxygens (including phenoxy) is 1. The van der Waals surface area contributed by atoms with Crippen LogP contribution in [0.3, 0.4) is 0 Å².